The van der Waals surface area contributed by atoms with Gasteiger partial charge in [-0.2, -0.15) is 0 Å². The Kier molecular flexibility index (Phi) is 3.50. The lowest BCUT2D eigenvalue weighted by molar-refractivity contribution is 0.0941. The average molecular weight is 291 g/mol. The Morgan fingerprint density at radius 1 is 1.26 bits per heavy atom. The van der Waals surface area contributed by atoms with E-state index in [4.69, 9.17) is 4.74 Å². The van der Waals surface area contributed by atoms with Crippen LogP contribution >= 0.6 is 22.7 Å². The molecule has 3 rings (SSSR count). The van der Waals surface area contributed by atoms with Gasteiger partial charge in [-0.3, -0.25) is 4.79 Å². The minimum atomic E-state index is -0.0190. The first-order valence-corrected chi connectivity index (χ1v) is 7.61. The Labute approximate surface area is 118 Å². The molecule has 98 valence electrons. The molecule has 0 aliphatic rings. The SMILES string of the molecule is COCCNC(=O)c1cc2sc3ccccc3c2s1. The Morgan fingerprint density at radius 2 is 2.11 bits per heavy atom. The molecule has 0 radical (unpaired) electrons. The molecule has 2 aromatic heterocycles. The number of hydrogen-bond donors (Lipinski definition) is 1. The zero-order valence-corrected chi connectivity index (χ0v) is 12.1. The smallest absolute Gasteiger partial charge is 0.261 e. The van der Waals surface area contributed by atoms with Gasteiger partial charge in [-0.25, -0.2) is 0 Å². The average Bonchev–Trinajstić information content (AvgIpc) is 2.96. The molecule has 0 unspecified atom stereocenters. The molecule has 3 nitrogen and oxygen atoms in total. The standard InChI is InChI=1S/C14H13NO2S2/c1-17-7-6-15-14(16)12-8-11-13(19-12)9-4-2-3-5-10(9)18-11/h2-5,8H,6-7H2,1H3,(H,15,16). The highest BCUT2D eigenvalue weighted by atomic mass is 32.1. The van der Waals surface area contributed by atoms with Crippen LogP contribution in [-0.2, 0) is 4.74 Å². The highest BCUT2D eigenvalue weighted by Crippen LogP contribution is 2.39. The molecular weight excluding hydrogens is 278 g/mol. The number of methoxy groups -OCH3 is 1. The molecule has 1 amide bonds. The first-order chi connectivity index (χ1) is 9.29. The number of rotatable bonds is 4. The van der Waals surface area contributed by atoms with E-state index in [1.165, 1.54) is 19.5 Å². The van der Waals surface area contributed by atoms with Gasteiger partial charge in [0, 0.05) is 28.4 Å². The predicted molar refractivity (Wildman–Crippen MR) is 81.4 cm³/mol. The Morgan fingerprint density at radius 3 is 2.95 bits per heavy atom. The third kappa shape index (κ3) is 2.36. The summed E-state index contributed by atoms with van der Waals surface area (Å²) in [5.74, 6) is -0.0190. The van der Waals surface area contributed by atoms with E-state index in [2.05, 4.69) is 17.4 Å². The van der Waals surface area contributed by atoms with Crippen LogP contribution in [0.2, 0.25) is 0 Å². The van der Waals surface area contributed by atoms with E-state index in [-0.39, 0.29) is 5.91 Å². The van der Waals surface area contributed by atoms with Gasteiger partial charge in [0.2, 0.25) is 0 Å². The summed E-state index contributed by atoms with van der Waals surface area (Å²) in [6, 6.07) is 10.3. The molecule has 1 aromatic carbocycles. The van der Waals surface area contributed by atoms with E-state index in [9.17, 15) is 4.79 Å². The summed E-state index contributed by atoms with van der Waals surface area (Å²) in [4.78, 5) is 12.7. The second-order valence-electron chi connectivity index (χ2n) is 4.15. The lowest BCUT2D eigenvalue weighted by Crippen LogP contribution is -2.26. The number of fused-ring (bicyclic) bond motifs is 3. The molecule has 0 spiro atoms. The molecule has 0 saturated carbocycles. The van der Waals surface area contributed by atoms with Crippen LogP contribution in [0.1, 0.15) is 9.67 Å². The van der Waals surface area contributed by atoms with Crippen LogP contribution in [0, 0.1) is 0 Å². The second kappa shape index (κ2) is 5.28. The number of ether oxygens (including phenoxy) is 1. The first-order valence-electron chi connectivity index (χ1n) is 5.98. The minimum absolute atomic E-state index is 0.0190. The summed E-state index contributed by atoms with van der Waals surface area (Å²) in [5, 5.41) is 4.09. The van der Waals surface area contributed by atoms with Crippen molar-refractivity contribution in [2.45, 2.75) is 0 Å². The molecule has 19 heavy (non-hydrogen) atoms. The Bertz CT molecular complexity index is 729. The van der Waals surface area contributed by atoms with Crippen LogP contribution in [0.5, 0.6) is 0 Å². The second-order valence-corrected chi connectivity index (χ2v) is 6.29. The van der Waals surface area contributed by atoms with Crippen molar-refractivity contribution in [3.05, 3.63) is 35.2 Å². The lowest BCUT2D eigenvalue weighted by atomic mass is 10.2. The third-order valence-corrected chi connectivity index (χ3v) is 5.28. The van der Waals surface area contributed by atoms with Gasteiger partial charge in [-0.1, -0.05) is 18.2 Å². The largest absolute Gasteiger partial charge is 0.383 e. The van der Waals surface area contributed by atoms with E-state index in [0.29, 0.717) is 13.2 Å². The predicted octanol–water partition coefficient (Wildman–Crippen LogP) is 3.49. The van der Waals surface area contributed by atoms with Crippen LogP contribution < -0.4 is 5.32 Å². The molecule has 1 N–H and O–H groups in total. The highest BCUT2D eigenvalue weighted by molar-refractivity contribution is 7.33. The number of hydrogen-bond acceptors (Lipinski definition) is 4. The van der Waals surface area contributed by atoms with Crippen molar-refractivity contribution < 1.29 is 9.53 Å². The number of amides is 1. The van der Waals surface area contributed by atoms with Crippen molar-refractivity contribution >= 4 is 48.1 Å². The molecule has 0 atom stereocenters. The van der Waals surface area contributed by atoms with Crippen molar-refractivity contribution in [1.82, 2.24) is 5.32 Å². The van der Waals surface area contributed by atoms with Gasteiger partial charge in [0.15, 0.2) is 0 Å². The number of thiophene rings is 2. The van der Waals surface area contributed by atoms with Gasteiger partial charge in [0.1, 0.15) is 0 Å². The van der Waals surface area contributed by atoms with Crippen LogP contribution in [0.25, 0.3) is 19.5 Å². The fourth-order valence-corrected chi connectivity index (χ4v) is 4.41. The molecule has 0 aliphatic carbocycles. The van der Waals surface area contributed by atoms with Gasteiger partial charge in [0.05, 0.1) is 16.2 Å². The van der Waals surface area contributed by atoms with Gasteiger partial charge in [-0.05, 0) is 12.1 Å². The normalized spacial score (nSPS) is 11.2. The maximum atomic E-state index is 12.0. The summed E-state index contributed by atoms with van der Waals surface area (Å²) < 4.78 is 8.58. The monoisotopic (exact) mass is 291 g/mol. The van der Waals surface area contributed by atoms with Crippen molar-refractivity contribution in [2.75, 3.05) is 20.3 Å². The fraction of sp³-hybridized carbons (Fsp3) is 0.214. The Hall–Kier alpha value is -1.43. The Balaban J connectivity index is 1.91. The topological polar surface area (TPSA) is 38.3 Å². The summed E-state index contributed by atoms with van der Waals surface area (Å²) in [5.41, 5.74) is 0. The van der Waals surface area contributed by atoms with Gasteiger partial charge >= 0.3 is 0 Å². The molecule has 2 heterocycles. The quantitative estimate of drug-likeness (QED) is 0.747. The zero-order chi connectivity index (χ0) is 13.2. The van der Waals surface area contributed by atoms with E-state index < -0.39 is 0 Å². The minimum Gasteiger partial charge on any atom is -0.383 e. The first kappa shape index (κ1) is 12.6. The van der Waals surface area contributed by atoms with Crippen molar-refractivity contribution in [3.8, 4) is 0 Å². The van der Waals surface area contributed by atoms with E-state index in [1.807, 2.05) is 18.2 Å². The zero-order valence-electron chi connectivity index (χ0n) is 10.4. The summed E-state index contributed by atoms with van der Waals surface area (Å²) >= 11 is 3.29. The van der Waals surface area contributed by atoms with Gasteiger partial charge in [0.25, 0.3) is 5.91 Å². The molecular formula is C14H13NO2S2. The van der Waals surface area contributed by atoms with E-state index in [1.54, 1.807) is 29.8 Å². The number of carbonyl (C=O) groups is 1. The van der Waals surface area contributed by atoms with E-state index >= 15 is 0 Å². The number of carbonyl (C=O) groups excluding carboxylic acids is 1. The van der Waals surface area contributed by atoms with Crippen LogP contribution in [0.4, 0.5) is 0 Å². The molecule has 5 heteroatoms. The molecule has 0 aliphatic heterocycles. The molecule has 0 bridgehead atoms. The molecule has 0 fully saturated rings. The van der Waals surface area contributed by atoms with Gasteiger partial charge < -0.3 is 10.1 Å². The summed E-state index contributed by atoms with van der Waals surface area (Å²) in [7, 11) is 1.62. The van der Waals surface area contributed by atoms with Crippen LogP contribution in [0.3, 0.4) is 0 Å². The number of benzene rings is 1. The van der Waals surface area contributed by atoms with Crippen LogP contribution in [-0.4, -0.2) is 26.2 Å². The van der Waals surface area contributed by atoms with Crippen molar-refractivity contribution in [3.63, 3.8) is 0 Å². The third-order valence-electron chi connectivity index (χ3n) is 2.87. The fourth-order valence-electron chi connectivity index (χ4n) is 1.97. The van der Waals surface area contributed by atoms with Gasteiger partial charge in [-0.15, -0.1) is 22.7 Å². The highest BCUT2D eigenvalue weighted by Gasteiger charge is 2.13. The molecule has 3 aromatic rings. The summed E-state index contributed by atoms with van der Waals surface area (Å²) in [6.45, 7) is 1.08. The number of nitrogens with one attached hydrogen (secondary N) is 1. The van der Waals surface area contributed by atoms with Crippen molar-refractivity contribution in [1.29, 1.82) is 0 Å². The molecule has 0 saturated heterocycles. The lowest BCUT2D eigenvalue weighted by Gasteiger charge is -2.01. The maximum absolute atomic E-state index is 12.0. The van der Waals surface area contributed by atoms with Crippen molar-refractivity contribution in [2.24, 2.45) is 0 Å². The summed E-state index contributed by atoms with van der Waals surface area (Å²) in [6.07, 6.45) is 0. The van der Waals surface area contributed by atoms with Crippen LogP contribution in [0.15, 0.2) is 30.3 Å². The van der Waals surface area contributed by atoms with E-state index in [0.717, 1.165) is 4.88 Å². The maximum Gasteiger partial charge on any atom is 0.261 e.